The Morgan fingerprint density at radius 3 is 2.73 bits per heavy atom. The fourth-order valence-corrected chi connectivity index (χ4v) is 6.06. The highest BCUT2D eigenvalue weighted by Gasteiger charge is 2.34. The van der Waals surface area contributed by atoms with Gasteiger partial charge in [0.15, 0.2) is 16.3 Å². The van der Waals surface area contributed by atoms with Gasteiger partial charge in [-0.2, -0.15) is 0 Å². The average Bonchev–Trinajstić information content (AvgIpc) is 3.56. The highest BCUT2D eigenvalue weighted by Crippen LogP contribution is 2.38. The van der Waals surface area contributed by atoms with Crippen molar-refractivity contribution in [1.82, 2.24) is 4.57 Å². The number of allylic oxidation sites excluding steroid dienone is 1. The number of ether oxygens (including phenoxy) is 4. The van der Waals surface area contributed by atoms with Crippen LogP contribution in [-0.4, -0.2) is 23.9 Å². The molecule has 0 fully saturated rings. The molecule has 0 amide bonds. The van der Waals surface area contributed by atoms with E-state index in [9.17, 15) is 9.59 Å². The second-order valence-corrected chi connectivity index (χ2v) is 10.7. The zero-order chi connectivity index (χ0) is 28.5. The van der Waals surface area contributed by atoms with Gasteiger partial charge in [-0.25, -0.2) is 9.79 Å². The fraction of sp³-hybridized carbons (Fsp3) is 0.194. The Bertz CT molecular complexity index is 1880. The van der Waals surface area contributed by atoms with Crippen LogP contribution in [0.1, 0.15) is 36.6 Å². The predicted molar refractivity (Wildman–Crippen MR) is 155 cm³/mol. The van der Waals surface area contributed by atoms with Gasteiger partial charge in [0.25, 0.3) is 5.56 Å². The van der Waals surface area contributed by atoms with Crippen LogP contribution in [-0.2, 0) is 16.1 Å². The van der Waals surface area contributed by atoms with Gasteiger partial charge < -0.3 is 18.9 Å². The lowest BCUT2D eigenvalue weighted by Crippen LogP contribution is -2.39. The molecule has 4 aromatic rings. The summed E-state index contributed by atoms with van der Waals surface area (Å²) in [4.78, 5) is 32.3. The van der Waals surface area contributed by atoms with E-state index >= 15 is 0 Å². The predicted octanol–water partition coefficient (Wildman–Crippen LogP) is 4.76. The standard InChI is InChI=1S/C31H25ClN2O6S/c1-3-37-30(36)27-18(2)33-31-34(28(27)20-12-13-24-25(14-20)40-17-39-24)29(35)26(41-31)15-19-8-5-7-11-23(19)38-16-21-9-4-6-10-22(21)32/h4-15,28H,3,16-17H2,1-2H3/b26-15-. The quantitative estimate of drug-likeness (QED) is 0.289. The van der Waals surface area contributed by atoms with Crippen molar-refractivity contribution in [3.05, 3.63) is 119 Å². The zero-order valence-corrected chi connectivity index (χ0v) is 23.8. The third kappa shape index (κ3) is 5.14. The summed E-state index contributed by atoms with van der Waals surface area (Å²) < 4.78 is 24.5. The zero-order valence-electron chi connectivity index (χ0n) is 22.3. The second kappa shape index (κ2) is 11.3. The van der Waals surface area contributed by atoms with E-state index in [1.54, 1.807) is 36.6 Å². The highest BCUT2D eigenvalue weighted by molar-refractivity contribution is 7.07. The lowest BCUT2D eigenvalue weighted by atomic mass is 9.95. The molecule has 208 valence electrons. The van der Waals surface area contributed by atoms with E-state index in [4.69, 9.17) is 30.5 Å². The molecule has 0 aliphatic carbocycles. The topological polar surface area (TPSA) is 88.4 Å². The molecule has 2 aliphatic rings. The summed E-state index contributed by atoms with van der Waals surface area (Å²) in [6, 6.07) is 19.6. The number of esters is 1. The van der Waals surface area contributed by atoms with Crippen molar-refractivity contribution >= 4 is 35.0 Å². The maximum absolute atomic E-state index is 14.0. The van der Waals surface area contributed by atoms with Gasteiger partial charge in [-0.15, -0.1) is 0 Å². The molecule has 0 bridgehead atoms. The maximum atomic E-state index is 14.0. The van der Waals surface area contributed by atoms with Crippen LogP contribution >= 0.6 is 22.9 Å². The summed E-state index contributed by atoms with van der Waals surface area (Å²) in [7, 11) is 0. The molecule has 0 spiro atoms. The van der Waals surface area contributed by atoms with Crippen LogP contribution in [0.4, 0.5) is 0 Å². The Balaban J connectivity index is 1.45. The van der Waals surface area contributed by atoms with Crippen LogP contribution in [0.3, 0.4) is 0 Å². The third-order valence-corrected chi connectivity index (χ3v) is 8.13. The van der Waals surface area contributed by atoms with Gasteiger partial charge in [0.05, 0.1) is 28.5 Å². The molecule has 1 aromatic heterocycles. The molecular formula is C31H25ClN2O6S. The Morgan fingerprint density at radius 1 is 1.12 bits per heavy atom. The van der Waals surface area contributed by atoms with Gasteiger partial charge >= 0.3 is 5.97 Å². The van der Waals surface area contributed by atoms with E-state index in [0.29, 0.717) is 48.4 Å². The largest absolute Gasteiger partial charge is 0.488 e. The van der Waals surface area contributed by atoms with Crippen molar-refractivity contribution in [3.8, 4) is 17.2 Å². The van der Waals surface area contributed by atoms with Gasteiger partial charge in [-0.3, -0.25) is 9.36 Å². The first kappa shape index (κ1) is 26.9. The van der Waals surface area contributed by atoms with Crippen molar-refractivity contribution in [3.63, 3.8) is 0 Å². The van der Waals surface area contributed by atoms with Gasteiger partial charge in [-0.1, -0.05) is 65.4 Å². The molecule has 0 saturated carbocycles. The molecular weight excluding hydrogens is 564 g/mol. The van der Waals surface area contributed by atoms with Gasteiger partial charge in [0.2, 0.25) is 6.79 Å². The maximum Gasteiger partial charge on any atom is 0.338 e. The minimum Gasteiger partial charge on any atom is -0.488 e. The number of benzene rings is 3. The number of fused-ring (bicyclic) bond motifs is 2. The van der Waals surface area contributed by atoms with E-state index < -0.39 is 12.0 Å². The number of aromatic nitrogens is 1. The van der Waals surface area contributed by atoms with Crippen molar-refractivity contribution in [2.24, 2.45) is 4.99 Å². The smallest absolute Gasteiger partial charge is 0.338 e. The number of hydrogen-bond acceptors (Lipinski definition) is 8. The molecule has 0 saturated heterocycles. The number of carbonyl (C=O) groups excluding carboxylic acids is 1. The number of nitrogens with zero attached hydrogens (tertiary/aromatic N) is 2. The molecule has 0 N–H and O–H groups in total. The summed E-state index contributed by atoms with van der Waals surface area (Å²) >= 11 is 7.55. The van der Waals surface area contributed by atoms with Crippen LogP contribution in [0, 0.1) is 0 Å². The summed E-state index contributed by atoms with van der Waals surface area (Å²) in [5.74, 6) is 1.23. The monoisotopic (exact) mass is 588 g/mol. The van der Waals surface area contributed by atoms with Crippen LogP contribution < -0.4 is 29.1 Å². The SMILES string of the molecule is CCOC(=O)C1=C(C)N=c2s/c(=C\c3ccccc3OCc3ccccc3Cl)c(=O)n2C1c1ccc2c(c1)OCO2. The molecule has 3 aromatic carbocycles. The van der Waals surface area contributed by atoms with Crippen LogP contribution in [0.5, 0.6) is 17.2 Å². The van der Waals surface area contributed by atoms with Gasteiger partial charge in [0.1, 0.15) is 12.4 Å². The van der Waals surface area contributed by atoms with Gasteiger partial charge in [-0.05, 0) is 49.8 Å². The highest BCUT2D eigenvalue weighted by atomic mass is 35.5. The Labute approximate surface area is 244 Å². The van der Waals surface area contributed by atoms with Crippen molar-refractivity contribution in [2.45, 2.75) is 26.5 Å². The van der Waals surface area contributed by atoms with Crippen molar-refractivity contribution < 1.29 is 23.7 Å². The van der Waals surface area contributed by atoms with E-state index in [1.807, 2.05) is 54.6 Å². The van der Waals surface area contributed by atoms with Crippen LogP contribution in [0.15, 0.2) is 87.8 Å². The lowest BCUT2D eigenvalue weighted by Gasteiger charge is -2.24. The lowest BCUT2D eigenvalue weighted by molar-refractivity contribution is -0.139. The van der Waals surface area contributed by atoms with E-state index in [0.717, 1.165) is 11.1 Å². The summed E-state index contributed by atoms with van der Waals surface area (Å²) in [5.41, 5.74) is 2.77. The number of hydrogen-bond donors (Lipinski definition) is 0. The Kier molecular flexibility index (Phi) is 7.38. The first-order valence-electron chi connectivity index (χ1n) is 13.0. The number of rotatable bonds is 7. The van der Waals surface area contributed by atoms with Gasteiger partial charge in [0, 0.05) is 16.1 Å². The minimum absolute atomic E-state index is 0.110. The number of thiazole rings is 1. The van der Waals surface area contributed by atoms with Crippen LogP contribution in [0.2, 0.25) is 5.02 Å². The first-order valence-corrected chi connectivity index (χ1v) is 14.2. The van der Waals surface area contributed by atoms with Crippen molar-refractivity contribution in [1.29, 1.82) is 0 Å². The summed E-state index contributed by atoms with van der Waals surface area (Å²) in [6.45, 7) is 4.07. The number of para-hydroxylation sites is 1. The fourth-order valence-electron chi connectivity index (χ4n) is 4.83. The minimum atomic E-state index is -0.756. The molecule has 41 heavy (non-hydrogen) atoms. The first-order chi connectivity index (χ1) is 19.9. The molecule has 6 rings (SSSR count). The average molecular weight is 589 g/mol. The molecule has 8 nitrogen and oxygen atoms in total. The molecule has 3 heterocycles. The Morgan fingerprint density at radius 2 is 1.90 bits per heavy atom. The second-order valence-electron chi connectivity index (χ2n) is 9.33. The van der Waals surface area contributed by atoms with E-state index in [1.165, 1.54) is 11.3 Å². The molecule has 2 aliphatic heterocycles. The van der Waals surface area contributed by atoms with Crippen LogP contribution in [0.25, 0.3) is 6.08 Å². The normalized spacial score (nSPS) is 15.9. The molecule has 1 atom stereocenters. The third-order valence-electron chi connectivity index (χ3n) is 6.78. The molecule has 10 heteroatoms. The summed E-state index contributed by atoms with van der Waals surface area (Å²) in [5, 5.41) is 0.620. The number of carbonyl (C=O) groups is 1. The Hall–Kier alpha value is -4.34. The van der Waals surface area contributed by atoms with E-state index in [2.05, 4.69) is 4.99 Å². The molecule has 0 radical (unpaired) electrons. The summed E-state index contributed by atoms with van der Waals surface area (Å²) in [6.07, 6.45) is 1.78. The molecule has 1 unspecified atom stereocenters. The van der Waals surface area contributed by atoms with Crippen molar-refractivity contribution in [2.75, 3.05) is 13.4 Å². The van der Waals surface area contributed by atoms with E-state index in [-0.39, 0.29) is 25.6 Å². The number of halogens is 1.